The maximum atomic E-state index is 12.9. The van der Waals surface area contributed by atoms with Gasteiger partial charge in [0, 0.05) is 12.1 Å². The van der Waals surface area contributed by atoms with Crippen LogP contribution >= 0.6 is 0 Å². The van der Waals surface area contributed by atoms with Gasteiger partial charge in [-0.15, -0.1) is 0 Å². The number of hydrogen-bond donors (Lipinski definition) is 1. The Labute approximate surface area is 179 Å². The highest BCUT2D eigenvalue weighted by atomic mass is 32.2. The quantitative estimate of drug-likeness (QED) is 0.621. The van der Waals surface area contributed by atoms with Crippen LogP contribution in [0.3, 0.4) is 0 Å². The SMILES string of the molecule is COc1ccc(OC)c(N([C@H](C)C(=O)N[C@H](C)CCc2ccccc2)S(C)(=O)=O)c1. The van der Waals surface area contributed by atoms with E-state index >= 15 is 0 Å². The van der Waals surface area contributed by atoms with E-state index in [1.54, 1.807) is 25.1 Å². The van der Waals surface area contributed by atoms with Crippen LogP contribution in [0.1, 0.15) is 25.8 Å². The molecule has 0 fully saturated rings. The molecule has 2 rings (SSSR count). The van der Waals surface area contributed by atoms with E-state index in [2.05, 4.69) is 5.32 Å². The van der Waals surface area contributed by atoms with Crippen molar-refractivity contribution in [1.82, 2.24) is 5.32 Å². The van der Waals surface area contributed by atoms with Crippen LogP contribution in [-0.4, -0.2) is 46.9 Å². The zero-order valence-electron chi connectivity index (χ0n) is 18.1. The van der Waals surface area contributed by atoms with Crippen molar-refractivity contribution in [2.24, 2.45) is 0 Å². The Morgan fingerprint density at radius 1 is 1.07 bits per heavy atom. The zero-order chi connectivity index (χ0) is 22.3. The zero-order valence-corrected chi connectivity index (χ0v) is 18.9. The Morgan fingerprint density at radius 2 is 1.73 bits per heavy atom. The summed E-state index contributed by atoms with van der Waals surface area (Å²) in [5.74, 6) is 0.409. The van der Waals surface area contributed by atoms with E-state index in [9.17, 15) is 13.2 Å². The summed E-state index contributed by atoms with van der Waals surface area (Å²) in [7, 11) is -0.840. The lowest BCUT2D eigenvalue weighted by atomic mass is 10.1. The molecule has 0 heterocycles. The lowest BCUT2D eigenvalue weighted by Gasteiger charge is -2.30. The number of methoxy groups -OCH3 is 2. The summed E-state index contributed by atoms with van der Waals surface area (Å²) in [6.45, 7) is 3.46. The Kier molecular flexibility index (Phi) is 8.11. The molecule has 1 N–H and O–H groups in total. The highest BCUT2D eigenvalue weighted by Gasteiger charge is 2.32. The van der Waals surface area contributed by atoms with Crippen molar-refractivity contribution in [3.8, 4) is 11.5 Å². The molecule has 0 unspecified atom stereocenters. The first-order valence-electron chi connectivity index (χ1n) is 9.73. The molecule has 7 nitrogen and oxygen atoms in total. The number of benzene rings is 2. The summed E-state index contributed by atoms with van der Waals surface area (Å²) in [6.07, 6.45) is 2.62. The molecule has 8 heteroatoms. The van der Waals surface area contributed by atoms with Crippen LogP contribution in [0.4, 0.5) is 5.69 Å². The fourth-order valence-electron chi connectivity index (χ4n) is 3.21. The number of carbonyl (C=O) groups excluding carboxylic acids is 1. The Morgan fingerprint density at radius 3 is 2.30 bits per heavy atom. The van der Waals surface area contributed by atoms with E-state index in [0.29, 0.717) is 11.5 Å². The summed E-state index contributed by atoms with van der Waals surface area (Å²) in [5.41, 5.74) is 1.43. The van der Waals surface area contributed by atoms with Crippen LogP contribution in [0.15, 0.2) is 48.5 Å². The molecule has 0 aliphatic carbocycles. The van der Waals surface area contributed by atoms with Gasteiger partial charge in [0.25, 0.3) is 0 Å². The molecule has 0 spiro atoms. The normalized spacial score (nSPS) is 13.2. The van der Waals surface area contributed by atoms with Crippen molar-refractivity contribution in [2.45, 2.75) is 38.8 Å². The van der Waals surface area contributed by atoms with Gasteiger partial charge >= 0.3 is 0 Å². The first kappa shape index (κ1) is 23.5. The van der Waals surface area contributed by atoms with Crippen molar-refractivity contribution in [3.63, 3.8) is 0 Å². The Bertz CT molecular complexity index is 947. The number of anilines is 1. The average Bonchev–Trinajstić information content (AvgIpc) is 2.71. The molecule has 0 saturated heterocycles. The van der Waals surface area contributed by atoms with Crippen LogP contribution in [0.2, 0.25) is 0 Å². The van der Waals surface area contributed by atoms with Gasteiger partial charge in [0.05, 0.1) is 26.2 Å². The van der Waals surface area contributed by atoms with E-state index in [1.807, 2.05) is 37.3 Å². The van der Waals surface area contributed by atoms with Crippen LogP contribution < -0.4 is 19.1 Å². The van der Waals surface area contributed by atoms with Gasteiger partial charge in [0.1, 0.15) is 17.5 Å². The molecule has 0 aromatic heterocycles. The average molecular weight is 435 g/mol. The first-order chi connectivity index (χ1) is 14.2. The van der Waals surface area contributed by atoms with E-state index in [-0.39, 0.29) is 17.6 Å². The molecule has 2 aromatic carbocycles. The predicted molar refractivity (Wildman–Crippen MR) is 119 cm³/mol. The summed E-state index contributed by atoms with van der Waals surface area (Å²) in [4.78, 5) is 12.9. The minimum Gasteiger partial charge on any atom is -0.497 e. The van der Waals surface area contributed by atoms with Crippen molar-refractivity contribution >= 4 is 21.6 Å². The lowest BCUT2D eigenvalue weighted by molar-refractivity contribution is -0.122. The molecule has 0 saturated carbocycles. The van der Waals surface area contributed by atoms with Gasteiger partial charge in [-0.2, -0.15) is 0 Å². The molecular weight excluding hydrogens is 404 g/mol. The van der Waals surface area contributed by atoms with Gasteiger partial charge in [-0.1, -0.05) is 30.3 Å². The minimum atomic E-state index is -3.77. The molecule has 164 valence electrons. The fraction of sp³-hybridized carbons (Fsp3) is 0.409. The van der Waals surface area contributed by atoms with Gasteiger partial charge < -0.3 is 14.8 Å². The maximum Gasteiger partial charge on any atom is 0.243 e. The van der Waals surface area contributed by atoms with Gasteiger partial charge in [-0.25, -0.2) is 8.42 Å². The summed E-state index contributed by atoms with van der Waals surface area (Å²) in [5, 5.41) is 2.92. The number of carbonyl (C=O) groups is 1. The number of nitrogens with zero attached hydrogens (tertiary/aromatic N) is 1. The first-order valence-corrected chi connectivity index (χ1v) is 11.6. The maximum absolute atomic E-state index is 12.9. The van der Waals surface area contributed by atoms with Crippen LogP contribution in [0.5, 0.6) is 11.5 Å². The number of hydrogen-bond acceptors (Lipinski definition) is 5. The highest BCUT2D eigenvalue weighted by molar-refractivity contribution is 7.92. The van der Waals surface area contributed by atoms with Gasteiger partial charge in [-0.05, 0) is 44.4 Å². The third kappa shape index (κ3) is 6.13. The third-order valence-corrected chi connectivity index (χ3v) is 6.04. The van der Waals surface area contributed by atoms with Crippen molar-refractivity contribution in [3.05, 3.63) is 54.1 Å². The van der Waals surface area contributed by atoms with E-state index in [0.717, 1.165) is 23.4 Å². The Hall–Kier alpha value is -2.74. The summed E-state index contributed by atoms with van der Waals surface area (Å²) >= 11 is 0. The number of nitrogens with one attached hydrogen (secondary N) is 1. The molecule has 0 aliphatic heterocycles. The number of ether oxygens (including phenoxy) is 2. The fourth-order valence-corrected chi connectivity index (χ4v) is 4.38. The molecule has 0 bridgehead atoms. The second-order valence-electron chi connectivity index (χ2n) is 7.21. The summed E-state index contributed by atoms with van der Waals surface area (Å²) in [6, 6.07) is 13.7. The van der Waals surface area contributed by atoms with Crippen LogP contribution in [-0.2, 0) is 21.2 Å². The lowest BCUT2D eigenvalue weighted by Crippen LogP contribution is -2.50. The third-order valence-electron chi connectivity index (χ3n) is 4.81. The summed E-state index contributed by atoms with van der Waals surface area (Å²) < 4.78 is 36.8. The van der Waals surface area contributed by atoms with E-state index in [1.165, 1.54) is 19.8 Å². The van der Waals surface area contributed by atoms with Crippen molar-refractivity contribution in [1.29, 1.82) is 0 Å². The van der Waals surface area contributed by atoms with Gasteiger partial charge in [-0.3, -0.25) is 9.10 Å². The molecule has 1 amide bonds. The number of amides is 1. The van der Waals surface area contributed by atoms with Gasteiger partial charge in [0.15, 0.2) is 0 Å². The van der Waals surface area contributed by atoms with Gasteiger partial charge in [0.2, 0.25) is 15.9 Å². The van der Waals surface area contributed by atoms with Crippen LogP contribution in [0, 0.1) is 0 Å². The second-order valence-corrected chi connectivity index (χ2v) is 9.07. The monoisotopic (exact) mass is 434 g/mol. The molecule has 0 radical (unpaired) electrons. The van der Waals surface area contributed by atoms with Crippen molar-refractivity contribution < 1.29 is 22.7 Å². The second kappa shape index (κ2) is 10.3. The minimum absolute atomic E-state index is 0.117. The molecule has 2 aromatic rings. The largest absolute Gasteiger partial charge is 0.497 e. The molecule has 0 aliphatic rings. The number of sulfonamides is 1. The van der Waals surface area contributed by atoms with E-state index in [4.69, 9.17) is 9.47 Å². The standard InChI is InChI=1S/C22H30N2O5S/c1-16(11-12-18-9-7-6-8-10-18)23-22(25)17(2)24(30(5,26)27)20-15-19(28-3)13-14-21(20)29-4/h6-10,13-17H,11-12H2,1-5H3,(H,23,25)/t16-,17-/m1/s1. The molecular formula is C22H30N2O5S. The topological polar surface area (TPSA) is 84.9 Å². The smallest absolute Gasteiger partial charge is 0.243 e. The number of rotatable bonds is 10. The van der Waals surface area contributed by atoms with Crippen molar-refractivity contribution in [2.75, 3.05) is 24.8 Å². The highest BCUT2D eigenvalue weighted by Crippen LogP contribution is 2.35. The molecule has 30 heavy (non-hydrogen) atoms. The predicted octanol–water partition coefficient (Wildman–Crippen LogP) is 3.00. The number of aryl methyl sites for hydroxylation is 1. The molecule has 2 atom stereocenters. The van der Waals surface area contributed by atoms with Crippen LogP contribution in [0.25, 0.3) is 0 Å². The Balaban J connectivity index is 2.19. The van der Waals surface area contributed by atoms with E-state index < -0.39 is 16.1 Å².